The molecule has 1 aromatic carbocycles. The molecule has 10 heteroatoms. The summed E-state index contributed by atoms with van der Waals surface area (Å²) in [4.78, 5) is 49.4. The number of carboxylic acids is 1. The van der Waals surface area contributed by atoms with Crippen LogP contribution in [-0.4, -0.2) is 59.2 Å². The molecule has 0 saturated heterocycles. The third-order valence-electron chi connectivity index (χ3n) is 6.07. The number of alkyl carbamates (subject to hydrolysis) is 1. The van der Waals surface area contributed by atoms with Crippen molar-refractivity contribution < 1.29 is 29.0 Å². The Kier molecular flexibility index (Phi) is 11.6. The van der Waals surface area contributed by atoms with Crippen LogP contribution >= 0.6 is 11.8 Å². The van der Waals surface area contributed by atoms with Gasteiger partial charge in [-0.05, 0) is 76.4 Å². The third kappa shape index (κ3) is 10.1. The molecular weight excluding hydrogens is 482 g/mol. The molecule has 0 bridgehead atoms. The monoisotopic (exact) mass is 521 g/mol. The number of rotatable bonds is 11. The number of carbonyl (C=O) groups is 4. The molecule has 0 spiro atoms. The van der Waals surface area contributed by atoms with Crippen molar-refractivity contribution in [1.82, 2.24) is 16.0 Å². The van der Waals surface area contributed by atoms with Crippen LogP contribution in [0.15, 0.2) is 30.3 Å². The van der Waals surface area contributed by atoms with Crippen molar-refractivity contribution in [2.24, 2.45) is 11.8 Å². The minimum atomic E-state index is -1.10. The highest BCUT2D eigenvalue weighted by molar-refractivity contribution is 7.98. The van der Waals surface area contributed by atoms with E-state index in [2.05, 4.69) is 16.0 Å². The van der Waals surface area contributed by atoms with Gasteiger partial charge in [0, 0.05) is 12.5 Å². The van der Waals surface area contributed by atoms with Crippen molar-refractivity contribution in [2.45, 2.75) is 70.6 Å². The van der Waals surface area contributed by atoms with Gasteiger partial charge in [0.2, 0.25) is 11.8 Å². The molecule has 0 heterocycles. The molecule has 1 saturated carbocycles. The fourth-order valence-corrected chi connectivity index (χ4v) is 4.62. The summed E-state index contributed by atoms with van der Waals surface area (Å²) in [5.41, 5.74) is -0.119. The molecule has 1 aliphatic carbocycles. The summed E-state index contributed by atoms with van der Waals surface area (Å²) < 4.78 is 5.29. The molecule has 9 nitrogen and oxygen atoms in total. The Labute approximate surface area is 217 Å². The highest BCUT2D eigenvalue weighted by Crippen LogP contribution is 2.29. The summed E-state index contributed by atoms with van der Waals surface area (Å²) in [7, 11) is 0. The maximum absolute atomic E-state index is 12.8. The topological polar surface area (TPSA) is 134 Å². The summed E-state index contributed by atoms with van der Waals surface area (Å²) in [6, 6.07) is 6.89. The lowest BCUT2D eigenvalue weighted by atomic mass is 9.81. The van der Waals surface area contributed by atoms with Crippen LogP contribution in [0.3, 0.4) is 0 Å². The first-order chi connectivity index (χ1) is 17.0. The second kappa shape index (κ2) is 14.1. The molecule has 2 atom stereocenters. The minimum absolute atomic E-state index is 0.213. The lowest BCUT2D eigenvalue weighted by molar-refractivity contribution is -0.143. The first kappa shape index (κ1) is 29.5. The fourth-order valence-electron chi connectivity index (χ4n) is 4.14. The molecule has 1 aliphatic rings. The van der Waals surface area contributed by atoms with E-state index in [4.69, 9.17) is 4.74 Å². The normalized spacial score (nSPS) is 19.4. The smallest absolute Gasteiger partial charge is 0.408 e. The Balaban J connectivity index is 1.82. The van der Waals surface area contributed by atoms with Gasteiger partial charge in [0.05, 0.1) is 0 Å². The van der Waals surface area contributed by atoms with Crippen LogP contribution in [0.5, 0.6) is 0 Å². The Morgan fingerprint density at radius 1 is 1.06 bits per heavy atom. The second-order valence-electron chi connectivity index (χ2n) is 10.1. The van der Waals surface area contributed by atoms with E-state index in [1.807, 2.05) is 6.26 Å². The largest absolute Gasteiger partial charge is 0.479 e. The van der Waals surface area contributed by atoms with Gasteiger partial charge in [-0.3, -0.25) is 9.59 Å². The minimum Gasteiger partial charge on any atom is -0.479 e. The fraction of sp³-hybridized carbons (Fsp3) is 0.615. The van der Waals surface area contributed by atoms with Gasteiger partial charge in [0.1, 0.15) is 11.6 Å². The van der Waals surface area contributed by atoms with E-state index in [-0.39, 0.29) is 23.7 Å². The number of hydrogen-bond donors (Lipinski definition) is 4. The van der Waals surface area contributed by atoms with Gasteiger partial charge >= 0.3 is 12.1 Å². The van der Waals surface area contributed by atoms with Crippen LogP contribution < -0.4 is 16.0 Å². The van der Waals surface area contributed by atoms with E-state index in [0.717, 1.165) is 12.8 Å². The Bertz CT molecular complexity index is 881. The van der Waals surface area contributed by atoms with Gasteiger partial charge in [-0.2, -0.15) is 11.8 Å². The Morgan fingerprint density at radius 3 is 2.25 bits per heavy atom. The number of amides is 3. The zero-order chi connectivity index (χ0) is 26.7. The van der Waals surface area contributed by atoms with E-state index >= 15 is 0 Å². The number of nitrogens with one attached hydrogen (secondary N) is 3. The number of benzene rings is 1. The van der Waals surface area contributed by atoms with E-state index in [1.54, 1.807) is 62.9 Å². The van der Waals surface area contributed by atoms with E-state index in [9.17, 15) is 24.3 Å². The van der Waals surface area contributed by atoms with Crippen LogP contribution in [0.2, 0.25) is 0 Å². The summed E-state index contributed by atoms with van der Waals surface area (Å²) in [5, 5.41) is 17.8. The number of carboxylic acid groups (broad SMARTS) is 1. The number of hydrogen-bond acceptors (Lipinski definition) is 6. The highest BCUT2D eigenvalue weighted by Gasteiger charge is 2.31. The molecule has 0 aliphatic heterocycles. The van der Waals surface area contributed by atoms with Gasteiger partial charge < -0.3 is 25.8 Å². The molecular formula is C26H39N3O6S. The number of ether oxygens (including phenoxy) is 1. The van der Waals surface area contributed by atoms with E-state index < -0.39 is 29.7 Å². The lowest BCUT2D eigenvalue weighted by Crippen LogP contribution is -2.49. The predicted octanol–water partition coefficient (Wildman–Crippen LogP) is 3.50. The summed E-state index contributed by atoms with van der Waals surface area (Å²) in [6.45, 7) is 5.76. The lowest BCUT2D eigenvalue weighted by Gasteiger charge is -2.29. The first-order valence-corrected chi connectivity index (χ1v) is 13.7. The molecule has 1 aromatic rings. The summed E-state index contributed by atoms with van der Waals surface area (Å²) in [5.74, 6) is -0.929. The zero-order valence-electron chi connectivity index (χ0n) is 21.5. The van der Waals surface area contributed by atoms with Gasteiger partial charge in [0.15, 0.2) is 6.04 Å². The maximum atomic E-state index is 12.8. The third-order valence-corrected chi connectivity index (χ3v) is 6.71. The summed E-state index contributed by atoms with van der Waals surface area (Å²) in [6.07, 6.45) is 4.55. The van der Waals surface area contributed by atoms with Crippen LogP contribution in [0, 0.1) is 11.8 Å². The van der Waals surface area contributed by atoms with Crippen molar-refractivity contribution >= 4 is 35.6 Å². The number of carbonyl (C=O) groups excluding carboxylic acids is 3. The van der Waals surface area contributed by atoms with Crippen molar-refractivity contribution in [3.8, 4) is 0 Å². The van der Waals surface area contributed by atoms with Crippen molar-refractivity contribution in [3.05, 3.63) is 35.9 Å². The molecule has 200 valence electrons. The van der Waals surface area contributed by atoms with Crippen LogP contribution in [0.25, 0.3) is 0 Å². The maximum Gasteiger partial charge on any atom is 0.408 e. The first-order valence-electron chi connectivity index (χ1n) is 12.3. The molecule has 3 amide bonds. The molecule has 0 aromatic heterocycles. The van der Waals surface area contributed by atoms with Gasteiger partial charge in [0.25, 0.3) is 0 Å². The average molecular weight is 522 g/mol. The Morgan fingerprint density at radius 2 is 1.69 bits per heavy atom. The molecule has 1 fully saturated rings. The van der Waals surface area contributed by atoms with E-state index in [1.165, 1.54) is 0 Å². The van der Waals surface area contributed by atoms with Gasteiger partial charge in [-0.1, -0.05) is 30.3 Å². The number of thioether (sulfide) groups is 1. The Hall–Kier alpha value is -2.75. The zero-order valence-corrected chi connectivity index (χ0v) is 22.4. The SMILES string of the molecule is CSCC[C@H](NC(=O)OC(C)(C)C)C(=O)NCC1CCC(C(=O)N[C@@H](C(=O)O)c2ccccc2)CC1. The second-order valence-corrected chi connectivity index (χ2v) is 11.1. The van der Waals surface area contributed by atoms with Crippen LogP contribution in [0.4, 0.5) is 4.79 Å². The molecule has 0 unspecified atom stereocenters. The van der Waals surface area contributed by atoms with Crippen molar-refractivity contribution in [3.63, 3.8) is 0 Å². The van der Waals surface area contributed by atoms with E-state index in [0.29, 0.717) is 37.1 Å². The molecule has 4 N–H and O–H groups in total. The average Bonchev–Trinajstić information content (AvgIpc) is 2.83. The highest BCUT2D eigenvalue weighted by atomic mass is 32.2. The summed E-state index contributed by atoms with van der Waals surface area (Å²) >= 11 is 1.59. The number of aliphatic carboxylic acids is 1. The van der Waals surface area contributed by atoms with Crippen molar-refractivity contribution in [2.75, 3.05) is 18.6 Å². The standard InChI is InChI=1S/C26H39N3O6S/c1-26(2,3)35-25(34)28-20(14-15-36-4)23(31)27-16-17-10-12-19(13-11-17)22(30)29-21(24(32)33)18-8-6-5-7-9-18/h5-9,17,19-21H,10-16H2,1-4H3,(H,27,31)(H,28,34)(H,29,30)(H,32,33)/t17?,19?,20-,21+/m0/s1. The molecule has 2 rings (SSSR count). The predicted molar refractivity (Wildman–Crippen MR) is 140 cm³/mol. The van der Waals surface area contributed by atoms with Gasteiger partial charge in [-0.25, -0.2) is 9.59 Å². The van der Waals surface area contributed by atoms with Gasteiger partial charge in [-0.15, -0.1) is 0 Å². The van der Waals surface area contributed by atoms with Crippen molar-refractivity contribution in [1.29, 1.82) is 0 Å². The molecule has 0 radical (unpaired) electrons. The molecule has 36 heavy (non-hydrogen) atoms. The van der Waals surface area contributed by atoms with Crippen LogP contribution in [0.1, 0.15) is 64.5 Å². The quantitative estimate of drug-likeness (QED) is 0.350. The van der Waals surface area contributed by atoms with Crippen LogP contribution in [-0.2, 0) is 19.1 Å².